The summed E-state index contributed by atoms with van der Waals surface area (Å²) in [6.07, 6.45) is 5.08. The Kier molecular flexibility index (Phi) is 4.03. The van der Waals surface area contributed by atoms with E-state index in [0.29, 0.717) is 22.8 Å². The zero-order valence-electron chi connectivity index (χ0n) is 10.0. The summed E-state index contributed by atoms with van der Waals surface area (Å²) in [6.45, 7) is 2.41. The van der Waals surface area contributed by atoms with Crippen LogP contribution in [0.4, 0.5) is 5.95 Å². The molecule has 0 aromatic carbocycles. The number of aromatic nitrogens is 4. The van der Waals surface area contributed by atoms with Crippen molar-refractivity contribution in [3.05, 3.63) is 34.5 Å². The van der Waals surface area contributed by atoms with Gasteiger partial charge in [0.15, 0.2) is 0 Å². The van der Waals surface area contributed by atoms with E-state index in [1.54, 1.807) is 25.7 Å². The van der Waals surface area contributed by atoms with E-state index in [0.717, 1.165) is 11.4 Å². The van der Waals surface area contributed by atoms with Crippen LogP contribution in [0.1, 0.15) is 11.4 Å². The lowest BCUT2D eigenvalue weighted by Crippen LogP contribution is -2.06. The van der Waals surface area contributed by atoms with Crippen LogP contribution in [0.5, 0.6) is 5.88 Å². The summed E-state index contributed by atoms with van der Waals surface area (Å²) in [5.41, 5.74) is 1.71. The summed E-state index contributed by atoms with van der Waals surface area (Å²) >= 11 is 3.29. The van der Waals surface area contributed by atoms with Crippen LogP contribution in [0.15, 0.2) is 23.1 Å². The molecule has 2 aromatic heterocycles. The maximum Gasteiger partial charge on any atom is 0.232 e. The molecule has 94 valence electrons. The van der Waals surface area contributed by atoms with Gasteiger partial charge in [-0.3, -0.25) is 9.97 Å². The highest BCUT2D eigenvalue weighted by Gasteiger charge is 2.05. The van der Waals surface area contributed by atoms with Crippen molar-refractivity contribution in [2.24, 2.45) is 0 Å². The molecule has 0 fully saturated rings. The maximum absolute atomic E-state index is 5.09. The van der Waals surface area contributed by atoms with Crippen molar-refractivity contribution in [2.45, 2.75) is 13.5 Å². The minimum absolute atomic E-state index is 0.484. The van der Waals surface area contributed by atoms with Crippen molar-refractivity contribution in [3.8, 4) is 5.88 Å². The number of ether oxygens (including phenoxy) is 1. The molecule has 0 aliphatic carbocycles. The molecule has 2 aromatic rings. The molecular formula is C11H12BrN5O. The largest absolute Gasteiger partial charge is 0.480 e. The number of methoxy groups -OCH3 is 1. The molecule has 0 unspecified atom stereocenters. The fourth-order valence-electron chi connectivity index (χ4n) is 1.26. The number of halogens is 1. The van der Waals surface area contributed by atoms with Crippen LogP contribution in [0.2, 0.25) is 0 Å². The topological polar surface area (TPSA) is 72.8 Å². The smallest absolute Gasteiger partial charge is 0.232 e. The van der Waals surface area contributed by atoms with Gasteiger partial charge in [0.1, 0.15) is 0 Å². The van der Waals surface area contributed by atoms with E-state index in [1.165, 1.54) is 0 Å². The molecule has 18 heavy (non-hydrogen) atoms. The molecule has 1 N–H and O–H groups in total. The predicted molar refractivity (Wildman–Crippen MR) is 70.4 cm³/mol. The molecular weight excluding hydrogens is 298 g/mol. The van der Waals surface area contributed by atoms with Gasteiger partial charge in [-0.05, 0) is 22.9 Å². The Morgan fingerprint density at radius 2 is 2.06 bits per heavy atom. The van der Waals surface area contributed by atoms with Crippen molar-refractivity contribution >= 4 is 21.9 Å². The van der Waals surface area contributed by atoms with Gasteiger partial charge in [-0.1, -0.05) is 0 Å². The van der Waals surface area contributed by atoms with Gasteiger partial charge in [-0.15, -0.1) is 0 Å². The lowest BCUT2D eigenvalue weighted by Gasteiger charge is -2.06. The third-order valence-electron chi connectivity index (χ3n) is 2.17. The van der Waals surface area contributed by atoms with Gasteiger partial charge in [0, 0.05) is 6.20 Å². The Hall–Kier alpha value is -1.76. The fraction of sp³-hybridized carbons (Fsp3) is 0.273. The Balaban J connectivity index is 2.04. The number of hydrogen-bond donors (Lipinski definition) is 1. The molecule has 2 heterocycles. The predicted octanol–water partition coefficient (Wildman–Crippen LogP) is 1.96. The van der Waals surface area contributed by atoms with Gasteiger partial charge < -0.3 is 10.1 Å². The number of aryl methyl sites for hydroxylation is 1. The van der Waals surface area contributed by atoms with Crippen LogP contribution < -0.4 is 10.1 Å². The van der Waals surface area contributed by atoms with Gasteiger partial charge in [-0.25, -0.2) is 4.98 Å². The lowest BCUT2D eigenvalue weighted by atomic mass is 10.4. The first kappa shape index (κ1) is 12.7. The second-order valence-electron chi connectivity index (χ2n) is 3.55. The fourth-order valence-corrected chi connectivity index (χ4v) is 1.61. The molecule has 0 saturated carbocycles. The van der Waals surface area contributed by atoms with Gasteiger partial charge in [-0.2, -0.15) is 4.98 Å². The lowest BCUT2D eigenvalue weighted by molar-refractivity contribution is 0.394. The molecule has 0 saturated heterocycles. The highest BCUT2D eigenvalue weighted by atomic mass is 79.9. The molecule has 0 radical (unpaired) electrons. The summed E-state index contributed by atoms with van der Waals surface area (Å²) in [6, 6.07) is 0. The van der Waals surface area contributed by atoms with E-state index in [-0.39, 0.29) is 0 Å². The van der Waals surface area contributed by atoms with Crippen LogP contribution in [0.3, 0.4) is 0 Å². The van der Waals surface area contributed by atoms with Crippen LogP contribution in [0.25, 0.3) is 0 Å². The average molecular weight is 310 g/mol. The van der Waals surface area contributed by atoms with E-state index in [2.05, 4.69) is 41.2 Å². The van der Waals surface area contributed by atoms with Crippen molar-refractivity contribution in [1.82, 2.24) is 19.9 Å². The molecule has 0 spiro atoms. The molecule has 7 heteroatoms. The quantitative estimate of drug-likeness (QED) is 0.930. The highest BCUT2D eigenvalue weighted by molar-refractivity contribution is 9.10. The monoisotopic (exact) mass is 309 g/mol. The molecule has 0 atom stereocenters. The standard InChI is InChI=1S/C11H12BrN5O/c1-7-3-14-8(4-13-7)5-15-11-16-6-9(12)10(17-11)18-2/h3-4,6H,5H2,1-2H3,(H,15,16,17). The van der Waals surface area contributed by atoms with Crippen molar-refractivity contribution in [3.63, 3.8) is 0 Å². The third-order valence-corrected chi connectivity index (χ3v) is 2.71. The highest BCUT2D eigenvalue weighted by Crippen LogP contribution is 2.21. The minimum atomic E-state index is 0.484. The van der Waals surface area contributed by atoms with Gasteiger partial charge in [0.05, 0.1) is 41.9 Å². The van der Waals surface area contributed by atoms with Gasteiger partial charge in [0.25, 0.3) is 0 Å². The molecule has 6 nitrogen and oxygen atoms in total. The average Bonchev–Trinajstić information content (AvgIpc) is 2.39. The van der Waals surface area contributed by atoms with Crippen LogP contribution in [-0.4, -0.2) is 27.0 Å². The normalized spacial score (nSPS) is 10.2. The molecule has 0 amide bonds. The minimum Gasteiger partial charge on any atom is -0.480 e. The number of rotatable bonds is 4. The van der Waals surface area contributed by atoms with Crippen molar-refractivity contribution in [1.29, 1.82) is 0 Å². The Morgan fingerprint density at radius 3 is 2.72 bits per heavy atom. The van der Waals surface area contributed by atoms with Crippen molar-refractivity contribution < 1.29 is 4.74 Å². The molecule has 0 aliphatic rings. The second-order valence-corrected chi connectivity index (χ2v) is 4.41. The SMILES string of the molecule is COc1nc(NCc2cnc(C)cn2)ncc1Br. The summed E-state index contributed by atoms with van der Waals surface area (Å²) in [5.74, 6) is 0.972. The Morgan fingerprint density at radius 1 is 1.22 bits per heavy atom. The third kappa shape index (κ3) is 3.13. The zero-order chi connectivity index (χ0) is 13.0. The molecule has 0 bridgehead atoms. The zero-order valence-corrected chi connectivity index (χ0v) is 11.6. The molecule has 2 rings (SSSR count). The van der Waals surface area contributed by atoms with Gasteiger partial charge in [0.2, 0.25) is 11.8 Å². The van der Waals surface area contributed by atoms with E-state index in [1.807, 2.05) is 6.92 Å². The first-order valence-corrected chi connectivity index (χ1v) is 6.06. The van der Waals surface area contributed by atoms with Gasteiger partial charge >= 0.3 is 0 Å². The van der Waals surface area contributed by atoms with E-state index < -0.39 is 0 Å². The number of nitrogens with zero attached hydrogens (tertiary/aromatic N) is 4. The molecule has 0 aliphatic heterocycles. The summed E-state index contributed by atoms with van der Waals surface area (Å²) in [5, 5.41) is 3.06. The van der Waals surface area contributed by atoms with Crippen LogP contribution >= 0.6 is 15.9 Å². The summed E-state index contributed by atoms with van der Waals surface area (Å²) < 4.78 is 5.80. The first-order valence-electron chi connectivity index (χ1n) is 5.27. The maximum atomic E-state index is 5.09. The first-order chi connectivity index (χ1) is 8.69. The van der Waals surface area contributed by atoms with Crippen molar-refractivity contribution in [2.75, 3.05) is 12.4 Å². The summed E-state index contributed by atoms with van der Waals surface area (Å²) in [4.78, 5) is 16.7. The van der Waals surface area contributed by atoms with E-state index in [4.69, 9.17) is 4.74 Å². The summed E-state index contributed by atoms with van der Waals surface area (Å²) in [7, 11) is 1.56. The van der Waals surface area contributed by atoms with E-state index in [9.17, 15) is 0 Å². The number of anilines is 1. The van der Waals surface area contributed by atoms with Crippen LogP contribution in [0, 0.1) is 6.92 Å². The van der Waals surface area contributed by atoms with Crippen LogP contribution in [-0.2, 0) is 6.54 Å². The number of hydrogen-bond acceptors (Lipinski definition) is 6. The van der Waals surface area contributed by atoms with E-state index >= 15 is 0 Å². The second kappa shape index (κ2) is 5.72. The Labute approximate surface area is 113 Å². The number of nitrogens with one attached hydrogen (secondary N) is 1. The Bertz CT molecular complexity index is 531.